The first-order chi connectivity index (χ1) is 11.0. The van der Waals surface area contributed by atoms with Gasteiger partial charge in [-0.3, -0.25) is 4.79 Å². The summed E-state index contributed by atoms with van der Waals surface area (Å²) in [5, 5.41) is 2.81. The van der Waals surface area contributed by atoms with Gasteiger partial charge >= 0.3 is 0 Å². The first kappa shape index (κ1) is 16.8. The monoisotopic (exact) mass is 309 g/mol. The van der Waals surface area contributed by atoms with E-state index >= 15 is 0 Å². The Hall–Kier alpha value is -2.55. The largest absolute Gasteiger partial charge is 0.492 e. The van der Waals surface area contributed by atoms with Crippen molar-refractivity contribution in [1.82, 2.24) is 5.32 Å². The lowest BCUT2D eigenvalue weighted by atomic mass is 10.1. The van der Waals surface area contributed by atoms with Gasteiger partial charge in [-0.2, -0.15) is 0 Å². The van der Waals surface area contributed by atoms with E-state index in [1.54, 1.807) is 12.2 Å². The smallest absolute Gasteiger partial charge is 0.244 e. The predicted octanol–water partition coefficient (Wildman–Crippen LogP) is 3.82. The Labute approximate surface area is 138 Å². The van der Waals surface area contributed by atoms with Gasteiger partial charge in [-0.25, -0.2) is 0 Å². The molecular weight excluding hydrogens is 286 g/mol. The van der Waals surface area contributed by atoms with Crippen LogP contribution in [-0.2, 0) is 4.79 Å². The van der Waals surface area contributed by atoms with Crippen molar-refractivity contribution in [2.45, 2.75) is 20.8 Å². The molecule has 0 atom stereocenters. The average molecular weight is 309 g/mol. The van der Waals surface area contributed by atoms with E-state index < -0.39 is 0 Å². The number of hydrogen-bond donors (Lipinski definition) is 1. The average Bonchev–Trinajstić information content (AvgIpc) is 2.54. The van der Waals surface area contributed by atoms with Crippen molar-refractivity contribution in [3.8, 4) is 5.75 Å². The second kappa shape index (κ2) is 8.18. The van der Waals surface area contributed by atoms with Crippen molar-refractivity contribution in [2.75, 3.05) is 13.2 Å². The molecule has 3 heteroatoms. The fourth-order valence-corrected chi connectivity index (χ4v) is 2.06. The fraction of sp³-hybridized carbons (Fsp3) is 0.250. The van der Waals surface area contributed by atoms with Crippen LogP contribution in [0.4, 0.5) is 0 Å². The molecule has 0 heterocycles. The zero-order valence-electron chi connectivity index (χ0n) is 13.9. The summed E-state index contributed by atoms with van der Waals surface area (Å²) in [4.78, 5) is 11.7. The molecule has 2 aromatic carbocycles. The normalized spacial score (nSPS) is 10.7. The number of carbonyl (C=O) groups excluding carboxylic acids is 1. The third-order valence-corrected chi connectivity index (χ3v) is 3.65. The lowest BCUT2D eigenvalue weighted by molar-refractivity contribution is -0.116. The Morgan fingerprint density at radius 3 is 2.48 bits per heavy atom. The standard InChI is InChI=1S/C20H23NO2/c1-15-4-7-18(8-5-15)9-11-20(22)21-12-13-23-19-10-6-16(2)17(3)14-19/h4-11,14H,12-13H2,1-3H3,(H,21,22)/b11-9+. The van der Waals surface area contributed by atoms with Crippen LogP contribution in [0.2, 0.25) is 0 Å². The third kappa shape index (κ3) is 5.62. The van der Waals surface area contributed by atoms with Gasteiger partial charge in [0.25, 0.3) is 0 Å². The number of ether oxygens (including phenoxy) is 1. The van der Waals surface area contributed by atoms with Crippen LogP contribution < -0.4 is 10.1 Å². The van der Waals surface area contributed by atoms with E-state index in [0.717, 1.165) is 11.3 Å². The summed E-state index contributed by atoms with van der Waals surface area (Å²) in [6.07, 6.45) is 3.35. The number of amides is 1. The van der Waals surface area contributed by atoms with Crippen LogP contribution in [0.3, 0.4) is 0 Å². The van der Waals surface area contributed by atoms with Crippen LogP contribution in [0.1, 0.15) is 22.3 Å². The molecule has 0 aliphatic carbocycles. The van der Waals surface area contributed by atoms with Gasteiger partial charge in [-0.15, -0.1) is 0 Å². The summed E-state index contributed by atoms with van der Waals surface area (Å²) in [5.74, 6) is 0.715. The van der Waals surface area contributed by atoms with Crippen LogP contribution in [0, 0.1) is 20.8 Å². The first-order valence-corrected chi connectivity index (χ1v) is 7.77. The van der Waals surface area contributed by atoms with Gasteiger partial charge in [-0.1, -0.05) is 35.9 Å². The number of carbonyl (C=O) groups is 1. The molecule has 120 valence electrons. The summed E-state index contributed by atoms with van der Waals surface area (Å²) in [6.45, 7) is 7.09. The molecular formula is C20H23NO2. The molecule has 0 saturated heterocycles. The Morgan fingerprint density at radius 2 is 1.78 bits per heavy atom. The van der Waals surface area contributed by atoms with E-state index in [0.29, 0.717) is 13.2 Å². The maximum atomic E-state index is 11.7. The molecule has 0 fully saturated rings. The van der Waals surface area contributed by atoms with E-state index in [2.05, 4.69) is 19.2 Å². The van der Waals surface area contributed by atoms with Crippen molar-refractivity contribution in [3.05, 3.63) is 70.8 Å². The van der Waals surface area contributed by atoms with Crippen molar-refractivity contribution >= 4 is 12.0 Å². The van der Waals surface area contributed by atoms with Gasteiger partial charge in [0, 0.05) is 6.08 Å². The summed E-state index contributed by atoms with van der Waals surface area (Å²) in [5.41, 5.74) is 4.66. The number of hydrogen-bond acceptors (Lipinski definition) is 2. The Balaban J connectivity index is 1.72. The zero-order chi connectivity index (χ0) is 16.7. The van der Waals surface area contributed by atoms with Crippen molar-refractivity contribution in [3.63, 3.8) is 0 Å². The second-order valence-electron chi connectivity index (χ2n) is 5.63. The lowest BCUT2D eigenvalue weighted by Gasteiger charge is -2.08. The topological polar surface area (TPSA) is 38.3 Å². The van der Waals surface area contributed by atoms with Gasteiger partial charge in [-0.05, 0) is 55.7 Å². The molecule has 3 nitrogen and oxygen atoms in total. The zero-order valence-corrected chi connectivity index (χ0v) is 13.9. The number of aryl methyl sites for hydroxylation is 3. The van der Waals surface area contributed by atoms with E-state index in [1.807, 2.05) is 49.4 Å². The minimum Gasteiger partial charge on any atom is -0.492 e. The van der Waals surface area contributed by atoms with Crippen molar-refractivity contribution in [1.29, 1.82) is 0 Å². The molecule has 0 bridgehead atoms. The summed E-state index contributed by atoms with van der Waals surface area (Å²) >= 11 is 0. The number of benzene rings is 2. The van der Waals surface area contributed by atoms with Gasteiger partial charge in [0.15, 0.2) is 0 Å². The summed E-state index contributed by atoms with van der Waals surface area (Å²) in [6, 6.07) is 14.0. The molecule has 0 aliphatic rings. The van der Waals surface area contributed by atoms with E-state index in [-0.39, 0.29) is 5.91 Å². The Bertz CT molecular complexity index is 687. The fourth-order valence-electron chi connectivity index (χ4n) is 2.06. The first-order valence-electron chi connectivity index (χ1n) is 7.77. The van der Waals surface area contributed by atoms with Gasteiger partial charge in [0.1, 0.15) is 12.4 Å². The highest BCUT2D eigenvalue weighted by molar-refractivity contribution is 5.91. The molecule has 0 radical (unpaired) electrons. The molecule has 2 aromatic rings. The molecule has 23 heavy (non-hydrogen) atoms. The minimum absolute atomic E-state index is 0.116. The molecule has 0 aromatic heterocycles. The van der Waals surface area contributed by atoms with Crippen LogP contribution in [0.5, 0.6) is 5.75 Å². The molecule has 0 saturated carbocycles. The van der Waals surface area contributed by atoms with Crippen molar-refractivity contribution < 1.29 is 9.53 Å². The highest BCUT2D eigenvalue weighted by Crippen LogP contribution is 2.16. The molecule has 0 unspecified atom stereocenters. The second-order valence-corrected chi connectivity index (χ2v) is 5.63. The van der Waals surface area contributed by atoms with Crippen LogP contribution in [0.15, 0.2) is 48.5 Å². The lowest BCUT2D eigenvalue weighted by Crippen LogP contribution is -2.26. The predicted molar refractivity (Wildman–Crippen MR) is 94.6 cm³/mol. The molecule has 1 amide bonds. The van der Waals surface area contributed by atoms with Gasteiger partial charge < -0.3 is 10.1 Å². The molecule has 0 spiro atoms. The summed E-state index contributed by atoms with van der Waals surface area (Å²) < 4.78 is 5.63. The molecule has 2 rings (SSSR count). The molecule has 0 aliphatic heterocycles. The molecule has 1 N–H and O–H groups in total. The van der Waals surface area contributed by atoms with Crippen LogP contribution >= 0.6 is 0 Å². The van der Waals surface area contributed by atoms with Gasteiger partial charge in [0.2, 0.25) is 5.91 Å². The van der Waals surface area contributed by atoms with E-state index in [1.165, 1.54) is 16.7 Å². The maximum absolute atomic E-state index is 11.7. The number of rotatable bonds is 6. The Kier molecular flexibility index (Phi) is 5.98. The summed E-state index contributed by atoms with van der Waals surface area (Å²) in [7, 11) is 0. The van der Waals surface area contributed by atoms with Gasteiger partial charge in [0.05, 0.1) is 6.54 Å². The highest BCUT2D eigenvalue weighted by Gasteiger charge is 1.98. The van der Waals surface area contributed by atoms with E-state index in [4.69, 9.17) is 4.74 Å². The SMILES string of the molecule is Cc1ccc(/C=C/C(=O)NCCOc2ccc(C)c(C)c2)cc1. The number of nitrogens with one attached hydrogen (secondary N) is 1. The van der Waals surface area contributed by atoms with Crippen LogP contribution in [-0.4, -0.2) is 19.1 Å². The Morgan fingerprint density at radius 1 is 1.04 bits per heavy atom. The maximum Gasteiger partial charge on any atom is 0.244 e. The quantitative estimate of drug-likeness (QED) is 0.651. The highest BCUT2D eigenvalue weighted by atomic mass is 16.5. The van der Waals surface area contributed by atoms with Crippen molar-refractivity contribution in [2.24, 2.45) is 0 Å². The third-order valence-electron chi connectivity index (χ3n) is 3.65. The van der Waals surface area contributed by atoms with Crippen LogP contribution in [0.25, 0.3) is 6.08 Å². The minimum atomic E-state index is -0.116. The van der Waals surface area contributed by atoms with E-state index in [9.17, 15) is 4.79 Å².